The number of amides is 2. The van der Waals surface area contributed by atoms with Crippen LogP contribution in [0.15, 0.2) is 0 Å². The smallest absolute Gasteiger partial charge is 0.326 e. The molecule has 1 rings (SSSR count). The number of hydrogen-bond acceptors (Lipinski definition) is 4. The van der Waals surface area contributed by atoms with Crippen molar-refractivity contribution in [3.05, 3.63) is 0 Å². The Bertz CT molecular complexity index is 335. The van der Waals surface area contributed by atoms with Gasteiger partial charge in [0.15, 0.2) is 0 Å². The van der Waals surface area contributed by atoms with Crippen molar-refractivity contribution in [2.75, 3.05) is 40.8 Å². The summed E-state index contributed by atoms with van der Waals surface area (Å²) in [5, 5.41) is 18.6. The molecule has 0 saturated carbocycles. The highest BCUT2D eigenvalue weighted by Crippen LogP contribution is 2.19. The first kappa shape index (κ1) is 15.7. The summed E-state index contributed by atoms with van der Waals surface area (Å²) in [6.45, 7) is 1.52. The zero-order valence-electron chi connectivity index (χ0n) is 11.7. The Kier molecular flexibility index (Phi) is 5.56. The van der Waals surface area contributed by atoms with Gasteiger partial charge in [-0.1, -0.05) is 0 Å². The van der Waals surface area contributed by atoms with E-state index in [1.54, 1.807) is 7.05 Å². The Morgan fingerprint density at radius 1 is 1.26 bits per heavy atom. The normalized spacial score (nSPS) is 22.9. The number of aliphatic carboxylic acids is 1. The molecule has 0 spiro atoms. The van der Waals surface area contributed by atoms with E-state index in [9.17, 15) is 14.7 Å². The summed E-state index contributed by atoms with van der Waals surface area (Å²) in [5.74, 6) is -1.06. The molecule has 0 aromatic heterocycles. The van der Waals surface area contributed by atoms with Gasteiger partial charge in [0.05, 0.1) is 6.10 Å². The lowest BCUT2D eigenvalue weighted by molar-refractivity contribution is -0.141. The van der Waals surface area contributed by atoms with E-state index in [1.165, 1.54) is 9.80 Å². The fourth-order valence-corrected chi connectivity index (χ4v) is 2.20. The van der Waals surface area contributed by atoms with Gasteiger partial charge in [-0.05, 0) is 27.1 Å². The van der Waals surface area contributed by atoms with Crippen LogP contribution in [0.1, 0.15) is 12.8 Å². The lowest BCUT2D eigenvalue weighted by atomic mass is 10.2. The standard InChI is InChI=1S/C12H23N3O4/c1-13(2)5-4-6-14(3)12(19)15-8-9(16)7-10(15)11(17)18/h9-10,16H,4-8H2,1-3H3,(H,17,18)/t9-,10-/m1/s1. The summed E-state index contributed by atoms with van der Waals surface area (Å²) in [4.78, 5) is 28.0. The second kappa shape index (κ2) is 6.72. The Labute approximate surface area is 113 Å². The van der Waals surface area contributed by atoms with Crippen LogP contribution in [0.25, 0.3) is 0 Å². The van der Waals surface area contributed by atoms with Crippen LogP contribution >= 0.6 is 0 Å². The van der Waals surface area contributed by atoms with Crippen LogP contribution in [0.4, 0.5) is 4.79 Å². The van der Waals surface area contributed by atoms with E-state index in [0.717, 1.165) is 13.0 Å². The average Bonchev–Trinajstić information content (AvgIpc) is 2.69. The molecule has 0 aromatic rings. The van der Waals surface area contributed by atoms with Crippen molar-refractivity contribution >= 4 is 12.0 Å². The van der Waals surface area contributed by atoms with Crippen molar-refractivity contribution < 1.29 is 19.8 Å². The van der Waals surface area contributed by atoms with Gasteiger partial charge < -0.3 is 24.9 Å². The largest absolute Gasteiger partial charge is 0.480 e. The third-order valence-electron chi connectivity index (χ3n) is 3.24. The first-order valence-electron chi connectivity index (χ1n) is 6.40. The van der Waals surface area contributed by atoms with Crippen LogP contribution in [-0.2, 0) is 4.79 Å². The van der Waals surface area contributed by atoms with Gasteiger partial charge in [-0.2, -0.15) is 0 Å². The molecule has 7 nitrogen and oxygen atoms in total. The van der Waals surface area contributed by atoms with Gasteiger partial charge in [0.1, 0.15) is 6.04 Å². The lowest BCUT2D eigenvalue weighted by Gasteiger charge is -2.27. The van der Waals surface area contributed by atoms with Gasteiger partial charge in [0.2, 0.25) is 0 Å². The quantitative estimate of drug-likeness (QED) is 0.706. The molecule has 2 amide bonds. The Morgan fingerprint density at radius 2 is 1.89 bits per heavy atom. The molecule has 110 valence electrons. The minimum atomic E-state index is -1.06. The molecule has 2 N–H and O–H groups in total. The topological polar surface area (TPSA) is 84.3 Å². The predicted molar refractivity (Wildman–Crippen MR) is 70.0 cm³/mol. The van der Waals surface area contributed by atoms with Gasteiger partial charge in [0, 0.05) is 26.6 Å². The van der Waals surface area contributed by atoms with Crippen LogP contribution in [0, 0.1) is 0 Å². The number of carbonyl (C=O) groups excluding carboxylic acids is 1. The molecule has 1 aliphatic rings. The third-order valence-corrected chi connectivity index (χ3v) is 3.24. The van der Waals surface area contributed by atoms with Crippen molar-refractivity contribution in [1.29, 1.82) is 0 Å². The minimum Gasteiger partial charge on any atom is -0.480 e. The van der Waals surface area contributed by atoms with Crippen LogP contribution in [0.5, 0.6) is 0 Å². The number of nitrogens with zero attached hydrogens (tertiary/aromatic N) is 3. The van der Waals surface area contributed by atoms with Crippen LogP contribution in [0.3, 0.4) is 0 Å². The van der Waals surface area contributed by atoms with E-state index < -0.39 is 18.1 Å². The minimum absolute atomic E-state index is 0.0911. The molecule has 0 bridgehead atoms. The Morgan fingerprint density at radius 3 is 2.42 bits per heavy atom. The fourth-order valence-electron chi connectivity index (χ4n) is 2.20. The molecule has 19 heavy (non-hydrogen) atoms. The number of rotatable bonds is 5. The number of aliphatic hydroxyl groups excluding tert-OH is 1. The fraction of sp³-hybridized carbons (Fsp3) is 0.833. The lowest BCUT2D eigenvalue weighted by Crippen LogP contribution is -2.47. The Balaban J connectivity index is 2.53. The van der Waals surface area contributed by atoms with Gasteiger partial charge >= 0.3 is 12.0 Å². The number of carbonyl (C=O) groups is 2. The summed E-state index contributed by atoms with van der Waals surface area (Å²) >= 11 is 0. The molecule has 1 saturated heterocycles. The number of carboxylic acid groups (broad SMARTS) is 1. The second-order valence-corrected chi connectivity index (χ2v) is 5.26. The highest BCUT2D eigenvalue weighted by molar-refractivity contribution is 5.83. The molecule has 1 fully saturated rings. The van der Waals surface area contributed by atoms with Gasteiger partial charge in [-0.15, -0.1) is 0 Å². The van der Waals surface area contributed by atoms with Crippen LogP contribution in [-0.4, -0.2) is 89.8 Å². The summed E-state index contributed by atoms with van der Waals surface area (Å²) in [5.41, 5.74) is 0. The number of aliphatic hydroxyl groups is 1. The average molecular weight is 273 g/mol. The molecular weight excluding hydrogens is 250 g/mol. The van der Waals surface area contributed by atoms with Crippen LogP contribution in [0.2, 0.25) is 0 Å². The zero-order valence-corrected chi connectivity index (χ0v) is 11.7. The van der Waals surface area contributed by atoms with Crippen molar-refractivity contribution in [2.24, 2.45) is 0 Å². The molecule has 0 aliphatic carbocycles. The molecule has 0 unspecified atom stereocenters. The third kappa shape index (κ3) is 4.36. The number of hydrogen-bond donors (Lipinski definition) is 2. The molecule has 1 aliphatic heterocycles. The molecular formula is C12H23N3O4. The zero-order chi connectivity index (χ0) is 14.6. The van der Waals surface area contributed by atoms with Gasteiger partial charge in [-0.25, -0.2) is 9.59 Å². The number of β-amino-alcohol motifs (C(OH)–C–C–N with tert-alkyl or cyclic N) is 1. The maximum absolute atomic E-state index is 12.1. The first-order valence-corrected chi connectivity index (χ1v) is 6.40. The van der Waals surface area contributed by atoms with Crippen molar-refractivity contribution in [3.63, 3.8) is 0 Å². The first-order chi connectivity index (χ1) is 8.82. The van der Waals surface area contributed by atoms with E-state index in [4.69, 9.17) is 5.11 Å². The number of urea groups is 1. The van der Waals surface area contributed by atoms with E-state index in [1.807, 2.05) is 19.0 Å². The van der Waals surface area contributed by atoms with E-state index in [-0.39, 0.29) is 19.0 Å². The van der Waals surface area contributed by atoms with Gasteiger partial charge in [-0.3, -0.25) is 0 Å². The molecule has 2 atom stereocenters. The SMILES string of the molecule is CN(C)CCCN(C)C(=O)N1C[C@H](O)C[C@@H]1C(=O)O. The van der Waals surface area contributed by atoms with Crippen LogP contribution < -0.4 is 0 Å². The maximum atomic E-state index is 12.1. The summed E-state index contributed by atoms with van der Waals surface area (Å²) < 4.78 is 0. The summed E-state index contributed by atoms with van der Waals surface area (Å²) in [6.07, 6.45) is 0.177. The van der Waals surface area contributed by atoms with Crippen molar-refractivity contribution in [3.8, 4) is 0 Å². The molecule has 1 heterocycles. The number of carboxylic acids is 1. The molecule has 7 heteroatoms. The van der Waals surface area contributed by atoms with E-state index in [2.05, 4.69) is 0 Å². The molecule has 0 radical (unpaired) electrons. The Hall–Kier alpha value is -1.34. The van der Waals surface area contributed by atoms with E-state index >= 15 is 0 Å². The second-order valence-electron chi connectivity index (χ2n) is 5.26. The summed E-state index contributed by atoms with van der Waals surface area (Å²) in [7, 11) is 5.57. The summed E-state index contributed by atoms with van der Waals surface area (Å²) in [6, 6.07) is -1.25. The number of likely N-dealkylation sites (tertiary alicyclic amines) is 1. The van der Waals surface area contributed by atoms with E-state index in [0.29, 0.717) is 6.54 Å². The van der Waals surface area contributed by atoms with Gasteiger partial charge in [0.25, 0.3) is 0 Å². The highest BCUT2D eigenvalue weighted by atomic mass is 16.4. The maximum Gasteiger partial charge on any atom is 0.326 e. The van der Waals surface area contributed by atoms with Crippen molar-refractivity contribution in [1.82, 2.24) is 14.7 Å². The monoisotopic (exact) mass is 273 g/mol. The highest BCUT2D eigenvalue weighted by Gasteiger charge is 2.39. The molecule has 0 aromatic carbocycles. The van der Waals surface area contributed by atoms with Crippen molar-refractivity contribution in [2.45, 2.75) is 25.0 Å². The predicted octanol–water partition coefficient (Wildman–Crippen LogP) is -0.490.